The number of nitrogens with one attached hydrogen (secondary N) is 1. The quantitative estimate of drug-likeness (QED) is 0.368. The molecule has 2 aromatic heterocycles. The first-order chi connectivity index (χ1) is 15.0. The van der Waals surface area contributed by atoms with E-state index >= 15 is 0 Å². The summed E-state index contributed by atoms with van der Waals surface area (Å²) in [4.78, 5) is 7.53. The van der Waals surface area contributed by atoms with E-state index in [4.69, 9.17) is 0 Å². The molecule has 31 heavy (non-hydrogen) atoms. The number of nitrogens with zero attached hydrogens (tertiary/aromatic N) is 1. The molecular weight excluding hydrogens is 403 g/mol. The molecule has 1 saturated carbocycles. The Labute approximate surface area is 187 Å². The van der Waals surface area contributed by atoms with E-state index in [0.29, 0.717) is 0 Å². The van der Waals surface area contributed by atoms with E-state index in [1.54, 1.807) is 12.1 Å². The summed E-state index contributed by atoms with van der Waals surface area (Å²) in [5, 5.41) is 3.50. The van der Waals surface area contributed by atoms with Gasteiger partial charge in [0.05, 0.1) is 0 Å². The largest absolute Gasteiger partial charge is 0.357 e. The van der Waals surface area contributed by atoms with Gasteiger partial charge >= 0.3 is 0 Å². The lowest BCUT2D eigenvalue weighted by molar-refractivity contribution is 0.0743. The lowest BCUT2D eigenvalue weighted by atomic mass is 9.62. The molecule has 2 aromatic carbocycles. The molecule has 2 nitrogen and oxygen atoms in total. The number of hydrogen-bond acceptors (Lipinski definition) is 2. The molecule has 0 spiro atoms. The van der Waals surface area contributed by atoms with Crippen molar-refractivity contribution in [3.05, 3.63) is 93.6 Å². The number of hydrogen-bond donors (Lipinski definition) is 1. The van der Waals surface area contributed by atoms with Crippen molar-refractivity contribution >= 4 is 22.2 Å². The van der Waals surface area contributed by atoms with Crippen LogP contribution >= 0.6 is 11.3 Å². The van der Waals surface area contributed by atoms with Crippen LogP contribution in [-0.2, 0) is 11.0 Å². The summed E-state index contributed by atoms with van der Waals surface area (Å²) in [6.07, 6.45) is 4.01. The van der Waals surface area contributed by atoms with Crippen LogP contribution in [0.25, 0.3) is 10.9 Å². The summed E-state index contributed by atoms with van der Waals surface area (Å²) in [6.45, 7) is 2.25. The molecule has 160 valence electrons. The molecule has 0 saturated heterocycles. The van der Waals surface area contributed by atoms with Crippen LogP contribution in [-0.4, -0.2) is 24.0 Å². The van der Waals surface area contributed by atoms with Gasteiger partial charge in [0.15, 0.2) is 0 Å². The fourth-order valence-electron chi connectivity index (χ4n) is 5.79. The van der Waals surface area contributed by atoms with Crippen molar-refractivity contribution in [2.45, 2.75) is 43.6 Å². The van der Waals surface area contributed by atoms with Crippen molar-refractivity contribution < 1.29 is 4.39 Å². The Morgan fingerprint density at radius 3 is 2.35 bits per heavy atom. The minimum atomic E-state index is -0.153. The van der Waals surface area contributed by atoms with Crippen molar-refractivity contribution in [1.29, 1.82) is 0 Å². The molecule has 0 radical (unpaired) electrons. The zero-order chi connectivity index (χ0) is 21.6. The van der Waals surface area contributed by atoms with Crippen LogP contribution in [0.3, 0.4) is 0 Å². The molecule has 0 aliphatic heterocycles. The van der Waals surface area contributed by atoms with Crippen LogP contribution in [0.1, 0.15) is 47.4 Å². The van der Waals surface area contributed by atoms with Gasteiger partial charge in [-0.25, -0.2) is 4.39 Å². The first-order valence-corrected chi connectivity index (χ1v) is 11.9. The highest BCUT2D eigenvalue weighted by atomic mass is 32.1. The van der Waals surface area contributed by atoms with Crippen molar-refractivity contribution in [3.8, 4) is 0 Å². The first kappa shape index (κ1) is 20.5. The maximum atomic E-state index is 14.1. The van der Waals surface area contributed by atoms with Gasteiger partial charge in [0, 0.05) is 32.4 Å². The van der Waals surface area contributed by atoms with Gasteiger partial charge in [-0.2, -0.15) is 0 Å². The van der Waals surface area contributed by atoms with Crippen LogP contribution in [0, 0.1) is 12.7 Å². The van der Waals surface area contributed by atoms with Gasteiger partial charge in [0.2, 0.25) is 0 Å². The normalized spacial score (nSPS) is 24.2. The van der Waals surface area contributed by atoms with Crippen molar-refractivity contribution in [3.63, 3.8) is 0 Å². The number of aromatic nitrogens is 1. The third-order valence-corrected chi connectivity index (χ3v) is 8.66. The second-order valence-corrected chi connectivity index (χ2v) is 10.1. The van der Waals surface area contributed by atoms with Crippen LogP contribution in [0.4, 0.5) is 4.39 Å². The third kappa shape index (κ3) is 3.16. The fourth-order valence-corrected chi connectivity index (χ4v) is 6.79. The Bertz CT molecular complexity index is 1200. The highest BCUT2D eigenvalue weighted by Crippen LogP contribution is 2.54. The summed E-state index contributed by atoms with van der Waals surface area (Å²) >= 11 is 1.85. The summed E-state index contributed by atoms with van der Waals surface area (Å²) in [5.74, 6) is -0.153. The van der Waals surface area contributed by atoms with Gasteiger partial charge < -0.3 is 4.98 Å². The summed E-state index contributed by atoms with van der Waals surface area (Å²) in [7, 11) is 4.27. The summed E-state index contributed by atoms with van der Waals surface area (Å²) in [5.41, 5.74) is 4.81. The van der Waals surface area contributed by atoms with E-state index in [2.05, 4.69) is 78.7 Å². The molecule has 1 aliphatic carbocycles. The molecule has 0 unspecified atom stereocenters. The van der Waals surface area contributed by atoms with E-state index in [-0.39, 0.29) is 16.8 Å². The number of fused-ring (bicyclic) bond motifs is 1. The number of aromatic amines is 1. The zero-order valence-corrected chi connectivity index (χ0v) is 19.2. The molecule has 0 atom stereocenters. The number of benzene rings is 2. The molecule has 0 bridgehead atoms. The maximum absolute atomic E-state index is 14.1. The Morgan fingerprint density at radius 1 is 0.935 bits per heavy atom. The molecule has 1 N–H and O–H groups in total. The molecule has 5 rings (SSSR count). The number of H-pyrrole nitrogens is 1. The maximum Gasteiger partial charge on any atom is 0.123 e. The number of halogens is 1. The van der Waals surface area contributed by atoms with Gasteiger partial charge in [0.25, 0.3) is 0 Å². The smallest absolute Gasteiger partial charge is 0.123 e. The SMILES string of the molecule is Cc1c(C2(c3cccs3)CCC(c3cccc(F)c3)(N(C)C)CC2)[nH]c2ccccc12. The van der Waals surface area contributed by atoms with E-state index < -0.39 is 0 Å². The van der Waals surface area contributed by atoms with Gasteiger partial charge in [-0.1, -0.05) is 36.4 Å². The van der Waals surface area contributed by atoms with Crippen LogP contribution in [0.5, 0.6) is 0 Å². The fraction of sp³-hybridized carbons (Fsp3) is 0.333. The minimum absolute atomic E-state index is 0.0376. The molecule has 2 heterocycles. The Hall–Kier alpha value is -2.43. The zero-order valence-electron chi connectivity index (χ0n) is 18.4. The number of thiophene rings is 1. The summed E-state index contributed by atoms with van der Waals surface area (Å²) in [6, 6.07) is 20.3. The van der Waals surface area contributed by atoms with Gasteiger partial charge in [-0.05, 0) is 87.5 Å². The second-order valence-electron chi connectivity index (χ2n) is 9.17. The Kier molecular flexibility index (Phi) is 5.03. The molecule has 1 aliphatic rings. The van der Waals surface area contributed by atoms with Crippen molar-refractivity contribution in [1.82, 2.24) is 9.88 Å². The summed E-state index contributed by atoms with van der Waals surface area (Å²) < 4.78 is 14.1. The van der Waals surface area contributed by atoms with E-state index in [1.807, 2.05) is 17.4 Å². The molecule has 4 heteroatoms. The number of rotatable bonds is 4. The van der Waals surface area contributed by atoms with Gasteiger partial charge in [0.1, 0.15) is 5.82 Å². The minimum Gasteiger partial charge on any atom is -0.357 e. The van der Waals surface area contributed by atoms with E-state index in [0.717, 1.165) is 31.2 Å². The third-order valence-electron chi connectivity index (χ3n) is 7.59. The Morgan fingerprint density at radius 2 is 1.71 bits per heavy atom. The van der Waals surface area contributed by atoms with Crippen LogP contribution in [0.2, 0.25) is 0 Å². The van der Waals surface area contributed by atoms with Crippen LogP contribution in [0.15, 0.2) is 66.0 Å². The Balaban J connectivity index is 1.62. The highest BCUT2D eigenvalue weighted by molar-refractivity contribution is 7.10. The van der Waals surface area contributed by atoms with Crippen molar-refractivity contribution in [2.24, 2.45) is 0 Å². The lowest BCUT2D eigenvalue weighted by Gasteiger charge is -2.50. The number of aryl methyl sites for hydroxylation is 1. The molecule has 0 amide bonds. The molecule has 4 aromatic rings. The predicted octanol–water partition coefficient (Wildman–Crippen LogP) is 6.99. The van der Waals surface area contributed by atoms with E-state index in [9.17, 15) is 4.39 Å². The average molecular weight is 433 g/mol. The monoisotopic (exact) mass is 432 g/mol. The van der Waals surface area contributed by atoms with Gasteiger partial charge in [-0.3, -0.25) is 4.90 Å². The van der Waals surface area contributed by atoms with Crippen LogP contribution < -0.4 is 0 Å². The number of para-hydroxylation sites is 1. The lowest BCUT2D eigenvalue weighted by Crippen LogP contribution is -2.48. The van der Waals surface area contributed by atoms with Gasteiger partial charge in [-0.15, -0.1) is 11.3 Å². The molecule has 1 fully saturated rings. The predicted molar refractivity (Wildman–Crippen MR) is 128 cm³/mol. The molecular formula is C27H29FN2S. The average Bonchev–Trinajstić information content (AvgIpc) is 3.43. The van der Waals surface area contributed by atoms with Crippen molar-refractivity contribution in [2.75, 3.05) is 14.1 Å². The topological polar surface area (TPSA) is 19.0 Å². The van der Waals surface area contributed by atoms with E-state index in [1.165, 1.54) is 27.0 Å². The second kappa shape index (κ2) is 7.61. The highest BCUT2D eigenvalue weighted by Gasteiger charge is 2.48. The standard InChI is InChI=1S/C27H29FN2S/c1-19-22-10-4-5-11-23(22)29-25(19)26(24-12-7-17-31-24)13-15-27(16-14-26,30(2)3)20-8-6-9-21(28)18-20/h4-12,17-18,29H,13-16H2,1-3H3. The first-order valence-electron chi connectivity index (χ1n) is 11.0.